The van der Waals surface area contributed by atoms with Gasteiger partial charge >= 0.3 is 6.03 Å². The molecule has 2 fully saturated rings. The smallest absolute Gasteiger partial charge is 0.317 e. The minimum absolute atomic E-state index is 0.00970. The minimum atomic E-state index is -0.377. The van der Waals surface area contributed by atoms with Gasteiger partial charge in [0.2, 0.25) is 0 Å². The molecule has 8 rings (SSSR count). The predicted octanol–water partition coefficient (Wildman–Crippen LogP) is 8.73. The Labute approximate surface area is 316 Å². The van der Waals surface area contributed by atoms with Crippen LogP contribution in [0.25, 0.3) is 33.4 Å². The molecule has 10 nitrogen and oxygen atoms in total. The number of fused-ring (bicyclic) bond motifs is 1. The minimum Gasteiger partial charge on any atom is -0.370 e. The second kappa shape index (κ2) is 14.3. The van der Waals surface area contributed by atoms with Gasteiger partial charge in [0.25, 0.3) is 5.91 Å². The quantitative estimate of drug-likeness (QED) is 0.144. The zero-order valence-corrected chi connectivity index (χ0v) is 30.5. The molecule has 12 heteroatoms. The number of aromatic amines is 1. The highest BCUT2D eigenvalue weighted by Gasteiger charge is 2.32. The number of hydrogen-bond donors (Lipinski definition) is 3. The molecule has 2 aromatic heterocycles. The molecule has 4 aromatic carbocycles. The molecule has 0 spiro atoms. The third kappa shape index (κ3) is 6.58. The number of carbonyl (C=O) groups is 2. The van der Waals surface area contributed by atoms with Crippen LogP contribution >= 0.6 is 23.2 Å². The summed E-state index contributed by atoms with van der Waals surface area (Å²) in [6.45, 7) is 4.86. The van der Waals surface area contributed by atoms with Crippen molar-refractivity contribution in [3.63, 3.8) is 0 Å². The number of imidazole rings is 1. The van der Waals surface area contributed by atoms with E-state index in [1.54, 1.807) is 12.1 Å². The van der Waals surface area contributed by atoms with Crippen molar-refractivity contribution in [3.8, 4) is 28.6 Å². The van der Waals surface area contributed by atoms with E-state index in [9.17, 15) is 14.9 Å². The topological polar surface area (TPSA) is 122 Å². The lowest BCUT2D eigenvalue weighted by atomic mass is 9.99. The average molecular weight is 744 g/mol. The Balaban J connectivity index is 1.22. The number of halogens is 2. The summed E-state index contributed by atoms with van der Waals surface area (Å²) >= 11 is 12.8. The number of nitrogens with zero attached hydrogens (tertiary/aromatic N) is 5. The first-order valence-electron chi connectivity index (χ1n) is 17.6. The SMILES string of the molecule is CC(c1ccc(Cl)cc1)n1cnc(-c2ccccc2)c1-c1c(C(=O)Nc2cc(C#N)ccc2N2CCC(N3CCNC3=O)CC2)[nH]c2cc(Cl)ccc12. The highest BCUT2D eigenvalue weighted by atomic mass is 35.5. The Hall–Kier alpha value is -5.76. The molecule has 4 heterocycles. The van der Waals surface area contributed by atoms with Crippen LogP contribution in [-0.2, 0) is 0 Å². The number of urea groups is 1. The van der Waals surface area contributed by atoms with Gasteiger partial charge in [-0.15, -0.1) is 0 Å². The number of rotatable bonds is 8. The van der Waals surface area contributed by atoms with Gasteiger partial charge in [0.05, 0.1) is 46.8 Å². The zero-order valence-electron chi connectivity index (χ0n) is 28.9. The molecule has 2 saturated heterocycles. The maximum atomic E-state index is 14.7. The second-order valence-electron chi connectivity index (χ2n) is 13.4. The van der Waals surface area contributed by atoms with Crippen molar-refractivity contribution >= 4 is 57.4 Å². The Morgan fingerprint density at radius 2 is 1.72 bits per heavy atom. The van der Waals surface area contributed by atoms with E-state index in [1.807, 2.05) is 90.1 Å². The molecule has 2 aliphatic rings. The summed E-state index contributed by atoms with van der Waals surface area (Å²) in [6.07, 6.45) is 3.41. The number of benzene rings is 4. The van der Waals surface area contributed by atoms with Crippen molar-refractivity contribution < 1.29 is 9.59 Å². The van der Waals surface area contributed by atoms with Crippen LogP contribution in [0.1, 0.15) is 47.4 Å². The maximum Gasteiger partial charge on any atom is 0.317 e. The number of nitrogens with one attached hydrogen (secondary N) is 3. The monoisotopic (exact) mass is 742 g/mol. The summed E-state index contributed by atoms with van der Waals surface area (Å²) in [7, 11) is 0. The van der Waals surface area contributed by atoms with Crippen molar-refractivity contribution in [2.24, 2.45) is 0 Å². The highest BCUT2D eigenvalue weighted by Crippen LogP contribution is 2.42. The van der Waals surface area contributed by atoms with Crippen LogP contribution in [-0.4, -0.2) is 63.6 Å². The number of aromatic nitrogens is 3. The number of nitriles is 1. The first-order valence-corrected chi connectivity index (χ1v) is 18.4. The lowest BCUT2D eigenvalue weighted by Gasteiger charge is -2.38. The molecule has 0 radical (unpaired) electrons. The van der Waals surface area contributed by atoms with Crippen molar-refractivity contribution in [2.75, 3.05) is 36.4 Å². The number of amides is 3. The summed E-state index contributed by atoms with van der Waals surface area (Å²) < 4.78 is 2.09. The van der Waals surface area contributed by atoms with Gasteiger partial charge in [-0.25, -0.2) is 9.78 Å². The fourth-order valence-corrected chi connectivity index (χ4v) is 7.91. The Morgan fingerprint density at radius 1 is 0.962 bits per heavy atom. The predicted molar refractivity (Wildman–Crippen MR) is 210 cm³/mol. The van der Waals surface area contributed by atoms with Crippen LogP contribution in [0.3, 0.4) is 0 Å². The average Bonchev–Trinajstić information content (AvgIpc) is 3.91. The van der Waals surface area contributed by atoms with E-state index in [4.69, 9.17) is 28.2 Å². The molecule has 2 aliphatic heterocycles. The molecule has 3 amide bonds. The molecule has 6 aromatic rings. The van der Waals surface area contributed by atoms with E-state index in [0.29, 0.717) is 64.2 Å². The van der Waals surface area contributed by atoms with Gasteiger partial charge in [0, 0.05) is 64.3 Å². The van der Waals surface area contributed by atoms with E-state index in [1.165, 1.54) is 0 Å². The van der Waals surface area contributed by atoms with Gasteiger partial charge in [-0.1, -0.05) is 71.7 Å². The number of hydrogen-bond acceptors (Lipinski definition) is 5. The summed E-state index contributed by atoms with van der Waals surface area (Å²) in [5.74, 6) is -0.377. The molecule has 266 valence electrons. The first-order chi connectivity index (χ1) is 25.8. The van der Waals surface area contributed by atoms with Crippen molar-refractivity contribution in [1.29, 1.82) is 5.26 Å². The van der Waals surface area contributed by atoms with Crippen LogP contribution in [0.15, 0.2) is 97.3 Å². The third-order valence-electron chi connectivity index (χ3n) is 10.3. The summed E-state index contributed by atoms with van der Waals surface area (Å²) in [6, 6.07) is 30.8. The first kappa shape index (κ1) is 34.3. The van der Waals surface area contributed by atoms with Gasteiger partial charge in [-0.3, -0.25) is 4.79 Å². The lowest BCUT2D eigenvalue weighted by molar-refractivity contribution is 0.102. The highest BCUT2D eigenvalue weighted by molar-refractivity contribution is 6.31. The van der Waals surface area contributed by atoms with E-state index >= 15 is 0 Å². The zero-order chi connectivity index (χ0) is 36.6. The number of H-pyrrole nitrogens is 1. The number of anilines is 2. The molecular formula is C41H36Cl2N8O2. The lowest BCUT2D eigenvalue weighted by Crippen LogP contribution is -2.46. The van der Waals surface area contributed by atoms with Crippen molar-refractivity contribution in [3.05, 3.63) is 124 Å². The van der Waals surface area contributed by atoms with Gasteiger partial charge in [0.1, 0.15) is 5.69 Å². The maximum absolute atomic E-state index is 14.7. The van der Waals surface area contributed by atoms with Crippen LogP contribution < -0.4 is 15.5 Å². The van der Waals surface area contributed by atoms with Crippen LogP contribution in [0, 0.1) is 11.3 Å². The van der Waals surface area contributed by atoms with Crippen molar-refractivity contribution in [2.45, 2.75) is 31.8 Å². The van der Waals surface area contributed by atoms with Crippen molar-refractivity contribution in [1.82, 2.24) is 24.8 Å². The van der Waals surface area contributed by atoms with E-state index in [-0.39, 0.29) is 24.0 Å². The van der Waals surface area contributed by atoms with Crippen LogP contribution in [0.2, 0.25) is 10.0 Å². The van der Waals surface area contributed by atoms with Gasteiger partial charge in [0.15, 0.2) is 0 Å². The Bertz CT molecular complexity index is 2370. The summed E-state index contributed by atoms with van der Waals surface area (Å²) in [5.41, 5.74) is 6.88. The van der Waals surface area contributed by atoms with Crippen LogP contribution in [0.5, 0.6) is 0 Å². The number of piperidine rings is 1. The molecule has 0 aliphatic carbocycles. The van der Waals surface area contributed by atoms with E-state index in [2.05, 4.69) is 38.1 Å². The molecule has 3 N–H and O–H groups in total. The van der Waals surface area contributed by atoms with Crippen LogP contribution in [0.4, 0.5) is 16.2 Å². The van der Waals surface area contributed by atoms with Gasteiger partial charge in [-0.05, 0) is 67.8 Å². The molecule has 0 saturated carbocycles. The molecule has 1 unspecified atom stereocenters. The molecular weight excluding hydrogens is 707 g/mol. The van der Waals surface area contributed by atoms with E-state index < -0.39 is 0 Å². The van der Waals surface area contributed by atoms with Gasteiger partial charge in [-0.2, -0.15) is 5.26 Å². The Kier molecular flexibility index (Phi) is 9.29. The van der Waals surface area contributed by atoms with Gasteiger partial charge < -0.3 is 30.0 Å². The molecule has 0 bridgehead atoms. The standard InChI is InChI=1S/C41H36Cl2N8O2/c1-25(27-8-10-29(42)11-9-27)51-24-46-37(28-5-3-2-4-6-28)39(51)36-32-13-12-30(43)22-33(32)47-38(36)40(52)48-34-21-26(23-44)7-14-35(34)49-18-15-31(16-19-49)50-20-17-45-41(50)53/h2-14,21-22,24-25,31,47H,15-20H2,1H3,(H,45,53)(H,48,52). The number of carbonyl (C=O) groups excluding carboxylic acids is 2. The molecule has 1 atom stereocenters. The molecule has 53 heavy (non-hydrogen) atoms. The summed E-state index contributed by atoms with van der Waals surface area (Å²) in [5, 5.41) is 17.9. The Morgan fingerprint density at radius 3 is 2.43 bits per heavy atom. The second-order valence-corrected chi connectivity index (χ2v) is 14.3. The fourth-order valence-electron chi connectivity index (χ4n) is 7.62. The van der Waals surface area contributed by atoms with E-state index in [0.717, 1.165) is 46.4 Å². The fraction of sp³-hybridized carbons (Fsp3) is 0.220. The third-order valence-corrected chi connectivity index (χ3v) is 10.8. The largest absolute Gasteiger partial charge is 0.370 e. The summed E-state index contributed by atoms with van der Waals surface area (Å²) in [4.78, 5) is 39.6. The normalized spacial score (nSPS) is 15.4.